The summed E-state index contributed by atoms with van der Waals surface area (Å²) < 4.78 is 7.26. The molecule has 1 aliphatic heterocycles. The number of anilines is 3. The lowest BCUT2D eigenvalue weighted by molar-refractivity contribution is 0.313. The molecule has 1 saturated heterocycles. The molecule has 8 heteroatoms. The first-order chi connectivity index (χ1) is 16.2. The minimum Gasteiger partial charge on any atom is -0.496 e. The van der Waals surface area contributed by atoms with Crippen molar-refractivity contribution < 1.29 is 4.74 Å². The Balaban J connectivity index is 1.44. The van der Waals surface area contributed by atoms with E-state index in [4.69, 9.17) is 4.74 Å². The Morgan fingerprint density at radius 2 is 1.79 bits per heavy atom. The van der Waals surface area contributed by atoms with E-state index >= 15 is 0 Å². The average molecular weight is 440 g/mol. The lowest BCUT2D eigenvalue weighted by atomic mass is 10.1. The molecule has 0 radical (unpaired) electrons. The maximum absolute atomic E-state index is 9.60. The molecule has 4 aromatic rings. The number of piperazine rings is 1. The van der Waals surface area contributed by atoms with Crippen LogP contribution in [0.5, 0.6) is 5.75 Å². The molecule has 166 valence electrons. The van der Waals surface area contributed by atoms with Crippen molar-refractivity contribution in [2.75, 3.05) is 50.6 Å². The van der Waals surface area contributed by atoms with E-state index in [9.17, 15) is 5.26 Å². The van der Waals surface area contributed by atoms with Gasteiger partial charge in [-0.3, -0.25) is 0 Å². The van der Waals surface area contributed by atoms with Crippen LogP contribution in [0.15, 0.2) is 60.8 Å². The molecule has 1 aliphatic rings. The number of nitrogens with zero attached hydrogens (tertiary/aromatic N) is 6. The Morgan fingerprint density at radius 1 is 1.03 bits per heavy atom. The first-order valence-electron chi connectivity index (χ1n) is 10.9. The summed E-state index contributed by atoms with van der Waals surface area (Å²) >= 11 is 0. The van der Waals surface area contributed by atoms with Gasteiger partial charge in [-0.25, -0.2) is 9.50 Å². The van der Waals surface area contributed by atoms with Gasteiger partial charge >= 0.3 is 0 Å². The highest BCUT2D eigenvalue weighted by Crippen LogP contribution is 2.32. The van der Waals surface area contributed by atoms with Gasteiger partial charge in [0.05, 0.1) is 24.6 Å². The van der Waals surface area contributed by atoms with Crippen molar-refractivity contribution in [3.8, 4) is 23.1 Å². The fraction of sp³-hybridized carbons (Fsp3) is 0.240. The van der Waals surface area contributed by atoms with Crippen LogP contribution in [0, 0.1) is 11.3 Å². The maximum atomic E-state index is 9.60. The van der Waals surface area contributed by atoms with Crippen LogP contribution in [0.25, 0.3) is 16.8 Å². The average Bonchev–Trinajstić information content (AvgIpc) is 3.23. The van der Waals surface area contributed by atoms with Crippen molar-refractivity contribution in [2.45, 2.75) is 0 Å². The largest absolute Gasteiger partial charge is 0.496 e. The van der Waals surface area contributed by atoms with Crippen LogP contribution in [0.3, 0.4) is 0 Å². The number of para-hydroxylation sites is 1. The molecule has 3 heterocycles. The van der Waals surface area contributed by atoms with Gasteiger partial charge in [0, 0.05) is 43.1 Å². The SMILES string of the molecule is COc1ccccc1-c1cc(C#N)c2cnc(Nc3ccc(N4CCN(C)CC4)cc3)nn12. The lowest BCUT2D eigenvalue weighted by Gasteiger charge is -2.34. The molecule has 0 bridgehead atoms. The zero-order valence-electron chi connectivity index (χ0n) is 18.7. The van der Waals surface area contributed by atoms with E-state index in [1.165, 1.54) is 5.69 Å². The predicted octanol–water partition coefficient (Wildman–Crippen LogP) is 3.77. The van der Waals surface area contributed by atoms with Crippen LogP contribution in [0.2, 0.25) is 0 Å². The second kappa shape index (κ2) is 8.81. The highest BCUT2D eigenvalue weighted by molar-refractivity contribution is 5.76. The zero-order chi connectivity index (χ0) is 22.8. The third-order valence-electron chi connectivity index (χ3n) is 6.01. The first kappa shape index (κ1) is 20.8. The summed E-state index contributed by atoms with van der Waals surface area (Å²) in [6.45, 7) is 4.21. The van der Waals surface area contributed by atoms with E-state index in [-0.39, 0.29) is 0 Å². The van der Waals surface area contributed by atoms with Crippen molar-refractivity contribution >= 4 is 22.8 Å². The Labute approximate surface area is 192 Å². The minimum atomic E-state index is 0.450. The number of nitriles is 1. The van der Waals surface area contributed by atoms with Crippen molar-refractivity contribution in [3.63, 3.8) is 0 Å². The normalized spacial score (nSPS) is 14.3. The molecule has 0 aliphatic carbocycles. The van der Waals surface area contributed by atoms with E-state index in [0.717, 1.165) is 43.1 Å². The minimum absolute atomic E-state index is 0.450. The van der Waals surface area contributed by atoms with Crippen molar-refractivity contribution in [2.24, 2.45) is 0 Å². The van der Waals surface area contributed by atoms with Gasteiger partial charge in [-0.15, -0.1) is 5.10 Å². The number of hydrogen-bond acceptors (Lipinski definition) is 7. The van der Waals surface area contributed by atoms with Gasteiger partial charge in [-0.2, -0.15) is 5.26 Å². The molecule has 2 aromatic heterocycles. The number of likely N-dealkylation sites (N-methyl/N-ethyl adjacent to an activating group) is 1. The fourth-order valence-corrected chi connectivity index (χ4v) is 4.13. The highest BCUT2D eigenvalue weighted by Gasteiger charge is 2.17. The molecule has 1 fully saturated rings. The summed E-state index contributed by atoms with van der Waals surface area (Å²) in [5, 5.41) is 17.6. The number of rotatable bonds is 5. The molecule has 8 nitrogen and oxygen atoms in total. The Morgan fingerprint density at radius 3 is 2.52 bits per heavy atom. The standard InChI is InChI=1S/C25H25N7O/c1-30-11-13-31(14-12-30)20-9-7-19(8-10-20)28-25-27-17-23-18(16-26)15-22(32(23)29-25)21-5-3-4-6-24(21)33-2/h3-10,15,17H,11-14H2,1-2H3,(H,28,29). The van der Waals surface area contributed by atoms with Crippen LogP contribution >= 0.6 is 0 Å². The molecule has 0 saturated carbocycles. The zero-order valence-corrected chi connectivity index (χ0v) is 18.7. The van der Waals surface area contributed by atoms with Crippen LogP contribution < -0.4 is 15.0 Å². The van der Waals surface area contributed by atoms with Gasteiger partial charge < -0.3 is 19.9 Å². The number of nitrogens with one attached hydrogen (secondary N) is 1. The Hall–Kier alpha value is -4.09. The Bertz CT molecular complexity index is 1320. The van der Waals surface area contributed by atoms with Gasteiger partial charge in [-0.05, 0) is 49.5 Å². The lowest BCUT2D eigenvalue weighted by Crippen LogP contribution is -2.44. The van der Waals surface area contributed by atoms with E-state index in [1.807, 2.05) is 42.5 Å². The summed E-state index contributed by atoms with van der Waals surface area (Å²) in [6, 6.07) is 20.1. The monoisotopic (exact) mass is 439 g/mol. The third kappa shape index (κ3) is 4.06. The summed E-state index contributed by atoms with van der Waals surface area (Å²) in [5.74, 6) is 1.17. The number of hydrogen-bond donors (Lipinski definition) is 1. The van der Waals surface area contributed by atoms with Crippen LogP contribution in [-0.4, -0.2) is 59.8 Å². The topological polar surface area (TPSA) is 81.7 Å². The molecule has 33 heavy (non-hydrogen) atoms. The van der Waals surface area contributed by atoms with Gasteiger partial charge in [0.2, 0.25) is 5.95 Å². The summed E-state index contributed by atoms with van der Waals surface area (Å²) in [5.41, 5.74) is 4.91. The van der Waals surface area contributed by atoms with Crippen molar-refractivity contribution in [1.29, 1.82) is 5.26 Å². The molecule has 5 rings (SSSR count). The number of benzene rings is 2. The number of methoxy groups -OCH3 is 1. The molecule has 0 amide bonds. The summed E-state index contributed by atoms with van der Waals surface area (Å²) in [6.07, 6.45) is 1.67. The van der Waals surface area contributed by atoms with E-state index in [1.54, 1.807) is 17.8 Å². The van der Waals surface area contributed by atoms with Crippen molar-refractivity contribution in [3.05, 3.63) is 66.4 Å². The molecule has 0 spiro atoms. The second-order valence-corrected chi connectivity index (χ2v) is 8.10. The second-order valence-electron chi connectivity index (χ2n) is 8.10. The maximum Gasteiger partial charge on any atom is 0.245 e. The molecule has 2 aromatic carbocycles. The van der Waals surface area contributed by atoms with E-state index in [2.05, 4.69) is 50.4 Å². The quantitative estimate of drug-likeness (QED) is 0.507. The highest BCUT2D eigenvalue weighted by atomic mass is 16.5. The van der Waals surface area contributed by atoms with Crippen molar-refractivity contribution in [1.82, 2.24) is 19.5 Å². The predicted molar refractivity (Wildman–Crippen MR) is 129 cm³/mol. The molecule has 1 N–H and O–H groups in total. The molecule has 0 atom stereocenters. The van der Waals surface area contributed by atoms with Gasteiger partial charge in [0.1, 0.15) is 17.3 Å². The van der Waals surface area contributed by atoms with E-state index < -0.39 is 0 Å². The Kier molecular flexibility index (Phi) is 5.55. The smallest absolute Gasteiger partial charge is 0.245 e. The van der Waals surface area contributed by atoms with Crippen LogP contribution in [-0.2, 0) is 0 Å². The fourth-order valence-electron chi connectivity index (χ4n) is 4.13. The summed E-state index contributed by atoms with van der Waals surface area (Å²) in [4.78, 5) is 9.18. The molecule has 0 unspecified atom stereocenters. The molecular weight excluding hydrogens is 414 g/mol. The van der Waals surface area contributed by atoms with Crippen LogP contribution in [0.1, 0.15) is 5.56 Å². The van der Waals surface area contributed by atoms with Gasteiger partial charge in [0.25, 0.3) is 0 Å². The van der Waals surface area contributed by atoms with E-state index in [0.29, 0.717) is 22.8 Å². The van der Waals surface area contributed by atoms with Crippen LogP contribution in [0.4, 0.5) is 17.3 Å². The molecular formula is C25H25N7O. The number of ether oxygens (including phenoxy) is 1. The third-order valence-corrected chi connectivity index (χ3v) is 6.01. The number of fused-ring (bicyclic) bond motifs is 1. The van der Waals surface area contributed by atoms with Gasteiger partial charge in [0.15, 0.2) is 0 Å². The first-order valence-corrected chi connectivity index (χ1v) is 10.9. The summed E-state index contributed by atoms with van der Waals surface area (Å²) in [7, 11) is 3.79. The number of aromatic nitrogens is 3. The van der Waals surface area contributed by atoms with Gasteiger partial charge in [-0.1, -0.05) is 12.1 Å².